The second-order valence-electron chi connectivity index (χ2n) is 6.95. The largest absolute Gasteiger partial charge is 0.444 e. The molecular formula is C19H32N2O2. The van der Waals surface area contributed by atoms with Crippen molar-refractivity contribution in [1.29, 1.82) is 0 Å². The number of ether oxygens (including phenoxy) is 1. The van der Waals surface area contributed by atoms with Crippen molar-refractivity contribution in [1.82, 2.24) is 10.6 Å². The SMILES string of the molecule is CCCCc1ccc(C(C)NCCNC(=O)OC(C)(C)C)cc1. The van der Waals surface area contributed by atoms with Crippen LogP contribution in [0.15, 0.2) is 24.3 Å². The Labute approximate surface area is 141 Å². The first-order valence-electron chi connectivity index (χ1n) is 8.61. The molecule has 4 nitrogen and oxygen atoms in total. The molecular weight excluding hydrogens is 288 g/mol. The number of hydrogen-bond acceptors (Lipinski definition) is 3. The normalized spacial score (nSPS) is 12.7. The molecule has 0 bridgehead atoms. The van der Waals surface area contributed by atoms with Crippen molar-refractivity contribution in [2.75, 3.05) is 13.1 Å². The van der Waals surface area contributed by atoms with Crippen LogP contribution in [0.4, 0.5) is 4.79 Å². The topological polar surface area (TPSA) is 50.4 Å². The minimum atomic E-state index is -0.454. The van der Waals surface area contributed by atoms with Crippen molar-refractivity contribution in [3.05, 3.63) is 35.4 Å². The van der Waals surface area contributed by atoms with Crippen molar-refractivity contribution in [2.24, 2.45) is 0 Å². The molecule has 1 atom stereocenters. The van der Waals surface area contributed by atoms with Crippen LogP contribution in [0.2, 0.25) is 0 Å². The quantitative estimate of drug-likeness (QED) is 0.706. The second-order valence-corrected chi connectivity index (χ2v) is 6.95. The fraction of sp³-hybridized carbons (Fsp3) is 0.632. The van der Waals surface area contributed by atoms with Crippen LogP contribution in [-0.4, -0.2) is 24.8 Å². The van der Waals surface area contributed by atoms with Crippen LogP contribution in [0.5, 0.6) is 0 Å². The number of unbranched alkanes of at least 4 members (excludes halogenated alkanes) is 1. The van der Waals surface area contributed by atoms with Gasteiger partial charge in [-0.15, -0.1) is 0 Å². The summed E-state index contributed by atoms with van der Waals surface area (Å²) in [4.78, 5) is 11.5. The van der Waals surface area contributed by atoms with E-state index in [1.807, 2.05) is 20.8 Å². The highest BCUT2D eigenvalue weighted by molar-refractivity contribution is 5.67. The van der Waals surface area contributed by atoms with Gasteiger partial charge in [0.15, 0.2) is 0 Å². The molecule has 0 radical (unpaired) electrons. The van der Waals surface area contributed by atoms with Gasteiger partial charge in [0.05, 0.1) is 0 Å². The van der Waals surface area contributed by atoms with E-state index in [-0.39, 0.29) is 12.1 Å². The van der Waals surface area contributed by atoms with Gasteiger partial charge in [0.25, 0.3) is 0 Å². The lowest BCUT2D eigenvalue weighted by Crippen LogP contribution is -2.36. The molecule has 0 aliphatic rings. The summed E-state index contributed by atoms with van der Waals surface area (Å²) < 4.78 is 5.20. The Balaban J connectivity index is 2.28. The monoisotopic (exact) mass is 320 g/mol. The lowest BCUT2D eigenvalue weighted by molar-refractivity contribution is 0.0528. The highest BCUT2D eigenvalue weighted by Crippen LogP contribution is 2.14. The number of alkyl carbamates (subject to hydrolysis) is 1. The first kappa shape index (κ1) is 19.5. The van der Waals surface area contributed by atoms with Gasteiger partial charge in [-0.3, -0.25) is 0 Å². The van der Waals surface area contributed by atoms with Crippen molar-refractivity contribution in [2.45, 2.75) is 65.5 Å². The molecule has 0 spiro atoms. The van der Waals surface area contributed by atoms with Crippen molar-refractivity contribution < 1.29 is 9.53 Å². The van der Waals surface area contributed by atoms with Crippen LogP contribution in [0.3, 0.4) is 0 Å². The molecule has 4 heteroatoms. The summed E-state index contributed by atoms with van der Waals surface area (Å²) in [7, 11) is 0. The molecule has 1 aromatic carbocycles. The van der Waals surface area contributed by atoms with Crippen LogP contribution < -0.4 is 10.6 Å². The fourth-order valence-corrected chi connectivity index (χ4v) is 2.24. The average Bonchev–Trinajstić information content (AvgIpc) is 2.48. The molecule has 0 saturated carbocycles. The van der Waals surface area contributed by atoms with Crippen molar-refractivity contribution in [3.8, 4) is 0 Å². The molecule has 1 unspecified atom stereocenters. The summed E-state index contributed by atoms with van der Waals surface area (Å²) >= 11 is 0. The Hall–Kier alpha value is -1.55. The molecule has 0 heterocycles. The van der Waals surface area contributed by atoms with Crippen LogP contribution in [-0.2, 0) is 11.2 Å². The molecule has 2 N–H and O–H groups in total. The summed E-state index contributed by atoms with van der Waals surface area (Å²) in [6.07, 6.45) is 3.25. The van der Waals surface area contributed by atoms with Crippen molar-refractivity contribution >= 4 is 6.09 Å². The van der Waals surface area contributed by atoms with Gasteiger partial charge >= 0.3 is 6.09 Å². The first-order valence-corrected chi connectivity index (χ1v) is 8.61. The van der Waals surface area contributed by atoms with Gasteiger partial charge in [-0.1, -0.05) is 37.6 Å². The molecule has 0 fully saturated rings. The van der Waals surface area contributed by atoms with Crippen LogP contribution in [0.25, 0.3) is 0 Å². The van der Waals surface area contributed by atoms with Crippen LogP contribution in [0.1, 0.15) is 64.6 Å². The molecule has 1 aromatic rings. The third-order valence-electron chi connectivity index (χ3n) is 3.54. The smallest absolute Gasteiger partial charge is 0.407 e. The third-order valence-corrected chi connectivity index (χ3v) is 3.54. The summed E-state index contributed by atoms with van der Waals surface area (Å²) in [6, 6.07) is 9.05. The van der Waals surface area contributed by atoms with Crippen LogP contribution >= 0.6 is 0 Å². The van der Waals surface area contributed by atoms with E-state index in [4.69, 9.17) is 4.74 Å². The summed E-state index contributed by atoms with van der Waals surface area (Å²) in [5.74, 6) is 0. The number of carbonyl (C=O) groups is 1. The van der Waals surface area contributed by atoms with Gasteiger partial charge in [0.1, 0.15) is 5.60 Å². The summed E-state index contributed by atoms with van der Waals surface area (Å²) in [5.41, 5.74) is 2.21. The maximum absolute atomic E-state index is 11.5. The first-order chi connectivity index (χ1) is 10.8. The molecule has 0 aliphatic carbocycles. The number of benzene rings is 1. The minimum absolute atomic E-state index is 0.260. The molecule has 1 rings (SSSR count). The molecule has 0 aliphatic heterocycles. The Morgan fingerprint density at radius 1 is 1.17 bits per heavy atom. The predicted octanol–water partition coefficient (Wildman–Crippen LogP) is 4.20. The molecule has 1 amide bonds. The van der Waals surface area contributed by atoms with E-state index in [1.165, 1.54) is 24.0 Å². The highest BCUT2D eigenvalue weighted by Gasteiger charge is 2.15. The zero-order valence-corrected chi connectivity index (χ0v) is 15.2. The van der Waals surface area contributed by atoms with E-state index in [1.54, 1.807) is 0 Å². The van der Waals surface area contributed by atoms with E-state index in [9.17, 15) is 4.79 Å². The number of hydrogen-bond donors (Lipinski definition) is 2. The number of nitrogens with one attached hydrogen (secondary N) is 2. The van der Waals surface area contributed by atoms with Gasteiger partial charge in [0.2, 0.25) is 0 Å². The number of carbonyl (C=O) groups excluding carboxylic acids is 1. The number of rotatable bonds is 8. The average molecular weight is 320 g/mol. The zero-order chi connectivity index (χ0) is 17.3. The summed E-state index contributed by atoms with van der Waals surface area (Å²) in [5, 5.41) is 6.16. The third kappa shape index (κ3) is 8.60. The maximum Gasteiger partial charge on any atom is 0.407 e. The minimum Gasteiger partial charge on any atom is -0.444 e. The Morgan fingerprint density at radius 2 is 1.83 bits per heavy atom. The van der Waals surface area contributed by atoms with Gasteiger partial charge in [0, 0.05) is 19.1 Å². The Bertz CT molecular complexity index is 463. The molecule has 130 valence electrons. The van der Waals surface area contributed by atoms with E-state index in [0.29, 0.717) is 13.1 Å². The van der Waals surface area contributed by atoms with Crippen molar-refractivity contribution in [3.63, 3.8) is 0 Å². The van der Waals surface area contributed by atoms with E-state index < -0.39 is 5.60 Å². The lowest BCUT2D eigenvalue weighted by atomic mass is 10.0. The zero-order valence-electron chi connectivity index (χ0n) is 15.2. The number of aryl methyl sites for hydroxylation is 1. The van der Waals surface area contributed by atoms with Gasteiger partial charge in [-0.05, 0) is 51.7 Å². The van der Waals surface area contributed by atoms with Gasteiger partial charge in [-0.2, -0.15) is 0 Å². The van der Waals surface area contributed by atoms with Gasteiger partial charge in [-0.25, -0.2) is 4.79 Å². The van der Waals surface area contributed by atoms with E-state index in [2.05, 4.69) is 48.7 Å². The Kier molecular flexibility index (Phi) is 8.10. The maximum atomic E-state index is 11.5. The van der Waals surface area contributed by atoms with E-state index >= 15 is 0 Å². The fourth-order valence-electron chi connectivity index (χ4n) is 2.24. The standard InChI is InChI=1S/C19H32N2O2/c1-6-7-8-16-9-11-17(12-10-16)15(2)20-13-14-21-18(22)23-19(3,4)5/h9-12,15,20H,6-8,13-14H2,1-5H3,(H,21,22). The van der Waals surface area contributed by atoms with E-state index in [0.717, 1.165) is 6.42 Å². The summed E-state index contributed by atoms with van der Waals surface area (Å²) in [6.45, 7) is 11.2. The lowest BCUT2D eigenvalue weighted by Gasteiger charge is -2.20. The molecule has 23 heavy (non-hydrogen) atoms. The predicted molar refractivity (Wildman–Crippen MR) is 95.7 cm³/mol. The highest BCUT2D eigenvalue weighted by atomic mass is 16.6. The number of amides is 1. The second kappa shape index (κ2) is 9.56. The molecule has 0 aromatic heterocycles. The molecule has 0 saturated heterocycles. The Morgan fingerprint density at radius 3 is 2.39 bits per heavy atom. The van der Waals surface area contributed by atoms with Crippen LogP contribution in [0, 0.1) is 0 Å². The van der Waals surface area contributed by atoms with Gasteiger partial charge < -0.3 is 15.4 Å².